The van der Waals surface area contributed by atoms with Crippen LogP contribution >= 0.6 is 0 Å². The smallest absolute Gasteiger partial charge is 0.264 e. The van der Waals surface area contributed by atoms with Crippen molar-refractivity contribution in [2.75, 3.05) is 5.75 Å². The number of aromatic nitrogens is 2. The van der Waals surface area contributed by atoms with Gasteiger partial charge in [0.2, 0.25) is 10.0 Å². The number of benzene rings is 2. The number of hydrogen-bond acceptors (Lipinski definition) is 4. The summed E-state index contributed by atoms with van der Waals surface area (Å²) in [5.74, 6) is -0.788. The average molecular weight is 410 g/mol. The molecule has 3 aromatic rings. The second-order valence-corrected chi connectivity index (χ2v) is 9.15. The molecule has 150 valence electrons. The normalized spacial score (nSPS) is 14.6. The molecule has 0 saturated heterocycles. The van der Waals surface area contributed by atoms with E-state index in [1.54, 1.807) is 12.1 Å². The first-order valence-electron chi connectivity index (χ1n) is 9.81. The number of fused-ring (bicyclic) bond motifs is 1. The Balaban J connectivity index is 1.84. The van der Waals surface area contributed by atoms with Crippen molar-refractivity contribution in [1.82, 2.24) is 14.5 Å². The predicted octanol–water partition coefficient (Wildman–Crippen LogP) is 4.06. The lowest BCUT2D eigenvalue weighted by Gasteiger charge is -2.15. The third-order valence-electron chi connectivity index (χ3n) is 5.16. The monoisotopic (exact) mass is 409 g/mol. The number of allylic oxidation sites excluding steroid dienone is 2. The lowest BCUT2D eigenvalue weighted by atomic mass is 9.95. The van der Waals surface area contributed by atoms with E-state index in [1.807, 2.05) is 41.1 Å². The highest BCUT2D eigenvalue weighted by Crippen LogP contribution is 2.34. The minimum absolute atomic E-state index is 0.151. The third-order valence-corrected chi connectivity index (χ3v) is 6.42. The number of nitrogens with zero attached hydrogens (tertiary/aromatic N) is 2. The number of sulfonamides is 1. The highest BCUT2D eigenvalue weighted by atomic mass is 32.2. The van der Waals surface area contributed by atoms with Gasteiger partial charge in [0, 0.05) is 10.9 Å². The molecule has 1 aromatic heterocycles. The van der Waals surface area contributed by atoms with Gasteiger partial charge in [-0.05, 0) is 68.5 Å². The Morgan fingerprint density at radius 2 is 1.93 bits per heavy atom. The first-order valence-corrected chi connectivity index (χ1v) is 11.5. The summed E-state index contributed by atoms with van der Waals surface area (Å²) in [6.07, 6.45) is 6.64. The van der Waals surface area contributed by atoms with Crippen molar-refractivity contribution in [3.05, 3.63) is 65.9 Å². The van der Waals surface area contributed by atoms with Crippen LogP contribution in [0.15, 0.2) is 54.6 Å². The van der Waals surface area contributed by atoms with Gasteiger partial charge >= 0.3 is 0 Å². The molecule has 6 nitrogen and oxygen atoms in total. The molecule has 0 unspecified atom stereocenters. The number of carbonyl (C=O) groups excluding carboxylic acids is 1. The fourth-order valence-electron chi connectivity index (χ4n) is 3.62. The van der Waals surface area contributed by atoms with E-state index in [1.165, 1.54) is 18.9 Å². The van der Waals surface area contributed by atoms with Crippen molar-refractivity contribution in [3.8, 4) is 5.69 Å². The Bertz CT molecular complexity index is 1190. The van der Waals surface area contributed by atoms with Gasteiger partial charge in [-0.1, -0.05) is 24.3 Å². The standard InChI is InChI=1S/C22H23N3O3S/c1-2-29(27,28)24-22(26)17-13-14-19-20(15-17)23-25(18-11-7-4-8-12-18)21(19)16-9-5-3-6-10-16/h4,7-9,11-15H,2-3,5-6,10H2,1H3,(H,24,26). The molecule has 0 fully saturated rings. The highest BCUT2D eigenvalue weighted by molar-refractivity contribution is 7.90. The van der Waals surface area contributed by atoms with E-state index in [4.69, 9.17) is 5.10 Å². The van der Waals surface area contributed by atoms with Gasteiger partial charge in [-0.3, -0.25) is 4.79 Å². The van der Waals surface area contributed by atoms with Gasteiger partial charge < -0.3 is 0 Å². The number of carbonyl (C=O) groups is 1. The van der Waals surface area contributed by atoms with Crippen LogP contribution in [0.4, 0.5) is 0 Å². The van der Waals surface area contributed by atoms with Crippen LogP contribution in [0.1, 0.15) is 48.7 Å². The molecule has 1 amide bonds. The second-order valence-electron chi connectivity index (χ2n) is 7.14. The molecule has 1 heterocycles. The number of hydrogen-bond donors (Lipinski definition) is 1. The summed E-state index contributed by atoms with van der Waals surface area (Å²) in [7, 11) is -3.62. The minimum atomic E-state index is -3.62. The summed E-state index contributed by atoms with van der Waals surface area (Å²) in [5, 5.41) is 5.72. The topological polar surface area (TPSA) is 81.1 Å². The summed E-state index contributed by atoms with van der Waals surface area (Å²) in [4.78, 5) is 12.4. The van der Waals surface area contributed by atoms with Gasteiger partial charge in [-0.2, -0.15) is 5.10 Å². The molecule has 7 heteroatoms. The second kappa shape index (κ2) is 7.83. The van der Waals surface area contributed by atoms with Gasteiger partial charge in [0.1, 0.15) is 0 Å². The Labute approximate surface area is 170 Å². The van der Waals surface area contributed by atoms with Crippen molar-refractivity contribution in [2.24, 2.45) is 0 Å². The lowest BCUT2D eigenvalue weighted by molar-refractivity contribution is 0.0981. The molecule has 0 saturated carbocycles. The van der Waals surface area contributed by atoms with Gasteiger partial charge in [0.05, 0.1) is 22.7 Å². The fraction of sp³-hybridized carbons (Fsp3) is 0.273. The van der Waals surface area contributed by atoms with Crippen molar-refractivity contribution < 1.29 is 13.2 Å². The SMILES string of the molecule is CCS(=O)(=O)NC(=O)c1ccc2c(C3=CCCCC3)n(-c3ccccc3)nc2c1. The summed E-state index contributed by atoms with van der Waals surface area (Å²) in [6.45, 7) is 1.49. The molecule has 1 N–H and O–H groups in total. The zero-order chi connectivity index (χ0) is 20.4. The first kappa shape index (κ1) is 19.4. The fourth-order valence-corrected chi connectivity index (χ4v) is 4.16. The summed E-state index contributed by atoms with van der Waals surface area (Å²) in [6, 6.07) is 15.1. The minimum Gasteiger partial charge on any atom is -0.268 e. The van der Waals surface area contributed by atoms with Gasteiger partial charge in [-0.15, -0.1) is 0 Å². The number of nitrogens with one attached hydrogen (secondary N) is 1. The van der Waals surface area contributed by atoms with Gasteiger partial charge in [0.15, 0.2) is 0 Å². The zero-order valence-corrected chi connectivity index (χ0v) is 17.1. The summed E-state index contributed by atoms with van der Waals surface area (Å²) >= 11 is 0. The molecule has 29 heavy (non-hydrogen) atoms. The van der Waals surface area contributed by atoms with E-state index in [2.05, 4.69) is 10.8 Å². The number of rotatable bonds is 5. The average Bonchev–Trinajstić information content (AvgIpc) is 3.13. The predicted molar refractivity (Wildman–Crippen MR) is 114 cm³/mol. The van der Waals surface area contributed by atoms with Crippen LogP contribution in [-0.2, 0) is 10.0 Å². The van der Waals surface area contributed by atoms with Crippen LogP contribution < -0.4 is 4.72 Å². The molecule has 0 aliphatic heterocycles. The van der Waals surface area contributed by atoms with Crippen LogP contribution in [0, 0.1) is 0 Å². The molecule has 0 bridgehead atoms. The molecule has 0 atom stereocenters. The molecule has 1 aliphatic carbocycles. The largest absolute Gasteiger partial charge is 0.268 e. The van der Waals surface area contributed by atoms with Crippen LogP contribution in [0.3, 0.4) is 0 Å². The molecule has 4 rings (SSSR count). The number of para-hydroxylation sites is 1. The Morgan fingerprint density at radius 3 is 2.62 bits per heavy atom. The van der Waals surface area contributed by atoms with Crippen LogP contribution in [-0.4, -0.2) is 29.9 Å². The van der Waals surface area contributed by atoms with Gasteiger partial charge in [0.25, 0.3) is 5.91 Å². The van der Waals surface area contributed by atoms with E-state index in [0.29, 0.717) is 5.52 Å². The van der Waals surface area contributed by atoms with E-state index < -0.39 is 15.9 Å². The van der Waals surface area contributed by atoms with Crippen molar-refractivity contribution >= 4 is 32.4 Å². The summed E-state index contributed by atoms with van der Waals surface area (Å²) in [5.41, 5.74) is 4.19. The zero-order valence-electron chi connectivity index (χ0n) is 16.3. The molecular weight excluding hydrogens is 386 g/mol. The molecular formula is C22H23N3O3S. The molecule has 2 aromatic carbocycles. The highest BCUT2D eigenvalue weighted by Gasteiger charge is 2.20. The quantitative estimate of drug-likeness (QED) is 0.689. The Hall–Kier alpha value is -2.93. The van der Waals surface area contributed by atoms with Crippen molar-refractivity contribution in [1.29, 1.82) is 0 Å². The molecule has 1 aliphatic rings. The van der Waals surface area contributed by atoms with E-state index in [-0.39, 0.29) is 11.3 Å². The molecule has 0 radical (unpaired) electrons. The summed E-state index contributed by atoms with van der Waals surface area (Å²) < 4.78 is 27.5. The van der Waals surface area contributed by atoms with Crippen molar-refractivity contribution in [2.45, 2.75) is 32.6 Å². The van der Waals surface area contributed by atoms with Crippen LogP contribution in [0.25, 0.3) is 22.2 Å². The third kappa shape index (κ3) is 3.96. The number of amides is 1. The Kier molecular flexibility index (Phi) is 5.24. The van der Waals surface area contributed by atoms with Crippen LogP contribution in [0.2, 0.25) is 0 Å². The lowest BCUT2D eigenvalue weighted by Crippen LogP contribution is -2.31. The van der Waals surface area contributed by atoms with E-state index in [9.17, 15) is 13.2 Å². The first-order chi connectivity index (χ1) is 14.0. The van der Waals surface area contributed by atoms with E-state index >= 15 is 0 Å². The maximum atomic E-state index is 12.4. The van der Waals surface area contributed by atoms with E-state index in [0.717, 1.165) is 36.0 Å². The van der Waals surface area contributed by atoms with Crippen LogP contribution in [0.5, 0.6) is 0 Å². The maximum absolute atomic E-state index is 12.4. The van der Waals surface area contributed by atoms with Crippen molar-refractivity contribution in [3.63, 3.8) is 0 Å². The maximum Gasteiger partial charge on any atom is 0.264 e. The molecule has 0 spiro atoms. The Morgan fingerprint density at radius 1 is 1.14 bits per heavy atom. The van der Waals surface area contributed by atoms with Gasteiger partial charge in [-0.25, -0.2) is 17.8 Å².